The molecule has 0 amide bonds. The first-order chi connectivity index (χ1) is 16.2. The predicted octanol–water partition coefficient (Wildman–Crippen LogP) is 4.25. The molecule has 0 fully saturated rings. The molecule has 2 aromatic heterocycles. The van der Waals surface area contributed by atoms with Crippen molar-refractivity contribution in [3.05, 3.63) is 78.1 Å². The van der Waals surface area contributed by atoms with Gasteiger partial charge in [0.2, 0.25) is 0 Å². The van der Waals surface area contributed by atoms with Crippen molar-refractivity contribution in [2.24, 2.45) is 0 Å². The van der Waals surface area contributed by atoms with E-state index >= 15 is 0 Å². The number of fused-ring (bicyclic) bond motifs is 1. The van der Waals surface area contributed by atoms with Gasteiger partial charge in [-0.05, 0) is 37.3 Å². The van der Waals surface area contributed by atoms with Crippen molar-refractivity contribution in [2.75, 3.05) is 14.2 Å². The van der Waals surface area contributed by atoms with Crippen molar-refractivity contribution in [1.29, 1.82) is 0 Å². The average molecular weight is 503 g/mol. The number of ether oxygens (including phenoxy) is 3. The third kappa shape index (κ3) is 4.13. The number of carboxylic acids is 1. The molecule has 1 atom stereocenters. The summed E-state index contributed by atoms with van der Waals surface area (Å²) in [6.07, 6.45) is -0.493. The highest BCUT2D eigenvalue weighted by molar-refractivity contribution is 7.13. The SMILES string of the molecule is COc1ccc(OC)c(C(C)Oc2ccc(Cl)c(-n3c(=O)[nH]c4csc(C(=O)O)c4c3=O)c2)c1. The van der Waals surface area contributed by atoms with Crippen LogP contribution in [0.25, 0.3) is 16.6 Å². The Morgan fingerprint density at radius 2 is 1.85 bits per heavy atom. The number of nitrogens with zero attached hydrogens (tertiary/aromatic N) is 1. The molecule has 0 radical (unpaired) electrons. The molecule has 0 saturated carbocycles. The molecule has 4 aromatic rings. The summed E-state index contributed by atoms with van der Waals surface area (Å²) in [5.74, 6) is 0.283. The van der Waals surface area contributed by atoms with Gasteiger partial charge < -0.3 is 24.3 Å². The number of rotatable bonds is 7. The van der Waals surface area contributed by atoms with Crippen molar-refractivity contribution in [1.82, 2.24) is 9.55 Å². The summed E-state index contributed by atoms with van der Waals surface area (Å²) >= 11 is 7.18. The molecule has 0 bridgehead atoms. The lowest BCUT2D eigenvalue weighted by Crippen LogP contribution is -2.34. The number of aromatic carboxylic acids is 1. The van der Waals surface area contributed by atoms with Crippen LogP contribution in [-0.4, -0.2) is 34.8 Å². The Morgan fingerprint density at radius 3 is 2.53 bits per heavy atom. The van der Waals surface area contributed by atoms with Gasteiger partial charge >= 0.3 is 11.7 Å². The molecule has 34 heavy (non-hydrogen) atoms. The number of carboxylic acid groups (broad SMARTS) is 1. The molecular formula is C23H19ClN2O7S. The number of thiophene rings is 1. The van der Waals surface area contributed by atoms with Gasteiger partial charge in [-0.1, -0.05) is 11.6 Å². The van der Waals surface area contributed by atoms with Gasteiger partial charge in [0.05, 0.1) is 35.8 Å². The molecule has 2 N–H and O–H groups in total. The van der Waals surface area contributed by atoms with E-state index in [1.165, 1.54) is 17.5 Å². The minimum Gasteiger partial charge on any atom is -0.497 e. The van der Waals surface area contributed by atoms with E-state index in [2.05, 4.69) is 4.98 Å². The normalized spacial score (nSPS) is 11.9. The van der Waals surface area contributed by atoms with Gasteiger partial charge in [0, 0.05) is 17.0 Å². The van der Waals surface area contributed by atoms with E-state index in [9.17, 15) is 19.5 Å². The molecule has 0 spiro atoms. The van der Waals surface area contributed by atoms with Crippen LogP contribution in [-0.2, 0) is 0 Å². The summed E-state index contributed by atoms with van der Waals surface area (Å²) in [6, 6.07) is 9.84. The number of hydrogen-bond donors (Lipinski definition) is 2. The number of nitrogens with one attached hydrogen (secondary N) is 1. The summed E-state index contributed by atoms with van der Waals surface area (Å²) in [5.41, 5.74) is -0.623. The maximum absolute atomic E-state index is 13.2. The summed E-state index contributed by atoms with van der Waals surface area (Å²) in [6.45, 7) is 1.81. The van der Waals surface area contributed by atoms with Crippen LogP contribution in [0.4, 0.5) is 0 Å². The molecular weight excluding hydrogens is 484 g/mol. The number of H-pyrrole nitrogens is 1. The van der Waals surface area contributed by atoms with Gasteiger partial charge in [-0.3, -0.25) is 4.79 Å². The zero-order valence-electron chi connectivity index (χ0n) is 18.2. The Labute approximate surface area is 201 Å². The molecule has 0 aliphatic rings. The molecule has 0 saturated heterocycles. The number of halogens is 1. The Hall–Kier alpha value is -3.76. The molecule has 1 unspecified atom stereocenters. The van der Waals surface area contributed by atoms with E-state index in [1.807, 2.05) is 0 Å². The van der Waals surface area contributed by atoms with E-state index in [4.69, 9.17) is 25.8 Å². The second-order valence-corrected chi connectivity index (χ2v) is 8.50. The van der Waals surface area contributed by atoms with Gasteiger partial charge in [0.15, 0.2) is 0 Å². The van der Waals surface area contributed by atoms with Crippen LogP contribution >= 0.6 is 22.9 Å². The van der Waals surface area contributed by atoms with Gasteiger partial charge in [-0.25, -0.2) is 14.2 Å². The number of methoxy groups -OCH3 is 2. The fourth-order valence-electron chi connectivity index (χ4n) is 3.58. The molecule has 9 nitrogen and oxygen atoms in total. The third-order valence-electron chi connectivity index (χ3n) is 5.19. The molecule has 2 heterocycles. The summed E-state index contributed by atoms with van der Waals surface area (Å²) in [7, 11) is 3.10. The largest absolute Gasteiger partial charge is 0.497 e. The minimum absolute atomic E-state index is 0.0552. The van der Waals surface area contributed by atoms with Crippen LogP contribution in [0, 0.1) is 0 Å². The summed E-state index contributed by atoms with van der Waals surface area (Å²) < 4.78 is 17.6. The third-order valence-corrected chi connectivity index (χ3v) is 6.48. The van der Waals surface area contributed by atoms with Gasteiger partial charge in [-0.15, -0.1) is 11.3 Å². The Kier molecular flexibility index (Phi) is 6.36. The van der Waals surface area contributed by atoms with Crippen LogP contribution in [0.5, 0.6) is 17.2 Å². The first-order valence-electron chi connectivity index (χ1n) is 9.93. The van der Waals surface area contributed by atoms with E-state index < -0.39 is 23.3 Å². The van der Waals surface area contributed by atoms with E-state index in [0.29, 0.717) is 17.2 Å². The topological polar surface area (TPSA) is 120 Å². The Morgan fingerprint density at radius 1 is 1.12 bits per heavy atom. The summed E-state index contributed by atoms with van der Waals surface area (Å²) in [4.78, 5) is 39.8. The predicted molar refractivity (Wildman–Crippen MR) is 129 cm³/mol. The van der Waals surface area contributed by atoms with Crippen LogP contribution in [0.15, 0.2) is 51.4 Å². The lowest BCUT2D eigenvalue weighted by molar-refractivity contribution is 0.0704. The fourth-order valence-corrected chi connectivity index (χ4v) is 4.61. The smallest absolute Gasteiger partial charge is 0.346 e. The highest BCUT2D eigenvalue weighted by Gasteiger charge is 2.21. The highest BCUT2D eigenvalue weighted by Crippen LogP contribution is 2.33. The average Bonchev–Trinajstić information content (AvgIpc) is 3.25. The van der Waals surface area contributed by atoms with E-state index in [-0.39, 0.29) is 26.5 Å². The number of carbonyl (C=O) groups is 1. The zero-order chi connectivity index (χ0) is 24.6. The molecule has 2 aromatic carbocycles. The fraction of sp³-hybridized carbons (Fsp3) is 0.174. The number of benzene rings is 2. The first-order valence-corrected chi connectivity index (χ1v) is 11.2. The van der Waals surface area contributed by atoms with Crippen LogP contribution < -0.4 is 25.5 Å². The van der Waals surface area contributed by atoms with Crippen LogP contribution in [0.1, 0.15) is 28.3 Å². The maximum Gasteiger partial charge on any atom is 0.346 e. The molecule has 0 aliphatic carbocycles. The van der Waals surface area contributed by atoms with E-state index in [1.54, 1.807) is 45.4 Å². The van der Waals surface area contributed by atoms with Crippen LogP contribution in [0.2, 0.25) is 5.02 Å². The number of aromatic amines is 1. The lowest BCUT2D eigenvalue weighted by atomic mass is 10.1. The van der Waals surface area contributed by atoms with E-state index in [0.717, 1.165) is 21.5 Å². The second kappa shape index (κ2) is 9.24. The molecule has 0 aliphatic heterocycles. The lowest BCUT2D eigenvalue weighted by Gasteiger charge is -2.19. The monoisotopic (exact) mass is 502 g/mol. The first kappa shape index (κ1) is 23.4. The maximum atomic E-state index is 13.2. The van der Waals surface area contributed by atoms with Crippen molar-refractivity contribution < 1.29 is 24.1 Å². The zero-order valence-corrected chi connectivity index (χ0v) is 19.8. The quantitative estimate of drug-likeness (QED) is 0.387. The van der Waals surface area contributed by atoms with Crippen molar-refractivity contribution in [3.8, 4) is 22.9 Å². The molecule has 176 valence electrons. The van der Waals surface area contributed by atoms with Gasteiger partial charge in [0.1, 0.15) is 28.2 Å². The van der Waals surface area contributed by atoms with Crippen molar-refractivity contribution in [2.45, 2.75) is 13.0 Å². The highest BCUT2D eigenvalue weighted by atomic mass is 35.5. The Balaban J connectivity index is 1.79. The van der Waals surface area contributed by atoms with Gasteiger partial charge in [0.25, 0.3) is 5.56 Å². The minimum atomic E-state index is -1.26. The van der Waals surface area contributed by atoms with Gasteiger partial charge in [-0.2, -0.15) is 0 Å². The number of hydrogen-bond acceptors (Lipinski definition) is 7. The van der Waals surface area contributed by atoms with Crippen molar-refractivity contribution in [3.63, 3.8) is 0 Å². The summed E-state index contributed by atoms with van der Waals surface area (Å²) in [5, 5.41) is 10.8. The Bertz CT molecular complexity index is 1520. The second-order valence-electron chi connectivity index (χ2n) is 7.21. The standard InChI is InChI=1S/C23H19ClN2O7S/c1-11(14-8-12(31-2)5-7-18(14)32-3)33-13-4-6-15(24)17(9-13)26-21(27)19-16(25-23(26)30)10-34-20(19)22(28)29/h4-11H,1-3H3,(H,25,30)(H,28,29). The van der Waals surface area contributed by atoms with Crippen LogP contribution in [0.3, 0.4) is 0 Å². The van der Waals surface area contributed by atoms with Crippen molar-refractivity contribution >= 4 is 39.8 Å². The molecule has 4 rings (SSSR count). The number of aromatic nitrogens is 2. The molecule has 11 heteroatoms.